The van der Waals surface area contributed by atoms with E-state index in [9.17, 15) is 9.90 Å². The van der Waals surface area contributed by atoms with Gasteiger partial charge in [-0.15, -0.1) is 0 Å². The van der Waals surface area contributed by atoms with Crippen molar-refractivity contribution >= 4 is 63.0 Å². The number of nitrogens with zero attached hydrogens (tertiary/aromatic N) is 2. The fraction of sp³-hybridized carbons (Fsp3) is 0.222. The van der Waals surface area contributed by atoms with Gasteiger partial charge in [0.1, 0.15) is 5.75 Å². The minimum atomic E-state index is -0.274. The van der Waals surface area contributed by atoms with Crippen molar-refractivity contribution in [1.29, 1.82) is 0 Å². The molecule has 0 saturated carbocycles. The molecular formula is C18H17I2N3O2. The Morgan fingerprint density at radius 3 is 2.52 bits per heavy atom. The molecule has 2 aromatic rings. The molecule has 3 rings (SSSR count). The largest absolute Gasteiger partial charge is 0.506 e. The van der Waals surface area contributed by atoms with E-state index in [0.29, 0.717) is 11.1 Å². The Bertz CT molecular complexity index is 801. The SMILES string of the molecule is O=C(N/N=C\c1cc(I)cc(I)c1O)c1ccc(N2CCCC2)cc1. The van der Waals surface area contributed by atoms with Crippen molar-refractivity contribution < 1.29 is 9.90 Å². The first kappa shape index (κ1) is 18.4. The van der Waals surface area contributed by atoms with Gasteiger partial charge in [0.25, 0.3) is 5.91 Å². The Morgan fingerprint density at radius 1 is 1.16 bits per heavy atom. The number of phenolic OH excluding ortho intramolecular Hbond substituents is 1. The van der Waals surface area contributed by atoms with Crippen LogP contribution in [0.5, 0.6) is 5.75 Å². The number of amides is 1. The lowest BCUT2D eigenvalue weighted by Crippen LogP contribution is -2.19. The van der Waals surface area contributed by atoms with Crippen molar-refractivity contribution in [2.24, 2.45) is 5.10 Å². The van der Waals surface area contributed by atoms with E-state index in [1.807, 2.05) is 30.3 Å². The zero-order valence-electron chi connectivity index (χ0n) is 13.4. The van der Waals surface area contributed by atoms with Crippen LogP contribution >= 0.6 is 45.2 Å². The molecule has 1 heterocycles. The van der Waals surface area contributed by atoms with E-state index in [1.165, 1.54) is 19.1 Å². The number of nitrogens with one attached hydrogen (secondary N) is 1. The van der Waals surface area contributed by atoms with Gasteiger partial charge >= 0.3 is 0 Å². The molecule has 1 aliphatic rings. The van der Waals surface area contributed by atoms with Crippen LogP contribution in [-0.4, -0.2) is 30.3 Å². The molecule has 2 N–H and O–H groups in total. The van der Waals surface area contributed by atoms with Crippen LogP contribution in [0.3, 0.4) is 0 Å². The zero-order valence-corrected chi connectivity index (χ0v) is 17.7. The number of hydrogen-bond acceptors (Lipinski definition) is 4. The molecule has 0 aromatic heterocycles. The minimum absolute atomic E-state index is 0.161. The monoisotopic (exact) mass is 561 g/mol. The Labute approximate surface area is 173 Å². The number of halogens is 2. The Balaban J connectivity index is 1.64. The van der Waals surface area contributed by atoms with Gasteiger partial charge in [0.05, 0.1) is 9.78 Å². The molecule has 1 aliphatic heterocycles. The van der Waals surface area contributed by atoms with Crippen LogP contribution < -0.4 is 10.3 Å². The molecule has 7 heteroatoms. The van der Waals surface area contributed by atoms with Crippen LogP contribution in [0.25, 0.3) is 0 Å². The molecule has 0 bridgehead atoms. The van der Waals surface area contributed by atoms with E-state index < -0.39 is 0 Å². The van der Waals surface area contributed by atoms with Crippen molar-refractivity contribution in [1.82, 2.24) is 5.43 Å². The molecule has 0 radical (unpaired) electrons. The average molecular weight is 561 g/mol. The lowest BCUT2D eigenvalue weighted by atomic mass is 10.2. The highest BCUT2D eigenvalue weighted by molar-refractivity contribution is 14.1. The lowest BCUT2D eigenvalue weighted by Gasteiger charge is -2.17. The first-order valence-corrected chi connectivity index (χ1v) is 10.1. The molecule has 25 heavy (non-hydrogen) atoms. The summed E-state index contributed by atoms with van der Waals surface area (Å²) in [6.07, 6.45) is 3.90. The number of anilines is 1. The van der Waals surface area contributed by atoms with Crippen molar-refractivity contribution in [2.45, 2.75) is 12.8 Å². The summed E-state index contributed by atoms with van der Waals surface area (Å²) < 4.78 is 1.74. The third kappa shape index (κ3) is 4.63. The molecule has 130 valence electrons. The molecule has 0 unspecified atom stereocenters. The van der Waals surface area contributed by atoms with E-state index in [2.05, 4.69) is 60.6 Å². The smallest absolute Gasteiger partial charge is 0.271 e. The van der Waals surface area contributed by atoms with Crippen LogP contribution in [0.2, 0.25) is 0 Å². The lowest BCUT2D eigenvalue weighted by molar-refractivity contribution is 0.0955. The second-order valence-corrected chi connectivity index (χ2v) is 8.17. The molecule has 1 saturated heterocycles. The topological polar surface area (TPSA) is 64.9 Å². The summed E-state index contributed by atoms with van der Waals surface area (Å²) in [6, 6.07) is 11.2. The number of phenols is 1. The fourth-order valence-electron chi connectivity index (χ4n) is 2.71. The first-order chi connectivity index (χ1) is 12.0. The third-order valence-electron chi connectivity index (χ3n) is 4.03. The zero-order chi connectivity index (χ0) is 17.8. The Hall–Kier alpha value is -1.36. The fourth-order valence-corrected chi connectivity index (χ4v) is 4.60. The maximum absolute atomic E-state index is 12.2. The summed E-state index contributed by atoms with van der Waals surface area (Å²) in [4.78, 5) is 14.5. The van der Waals surface area contributed by atoms with Crippen LogP contribution in [0.1, 0.15) is 28.8 Å². The predicted octanol–water partition coefficient (Wildman–Crippen LogP) is 3.97. The van der Waals surface area contributed by atoms with Gasteiger partial charge in [0.2, 0.25) is 0 Å². The highest BCUT2D eigenvalue weighted by Gasteiger charge is 2.13. The van der Waals surface area contributed by atoms with E-state index in [0.717, 1.165) is 25.9 Å². The third-order valence-corrected chi connectivity index (χ3v) is 5.47. The normalized spacial score (nSPS) is 14.2. The highest BCUT2D eigenvalue weighted by Crippen LogP contribution is 2.25. The number of rotatable bonds is 4. The molecule has 1 fully saturated rings. The first-order valence-electron chi connectivity index (χ1n) is 7.91. The van der Waals surface area contributed by atoms with E-state index in [4.69, 9.17) is 0 Å². The van der Waals surface area contributed by atoms with Gasteiger partial charge in [-0.2, -0.15) is 5.10 Å². The molecule has 2 aromatic carbocycles. The van der Waals surface area contributed by atoms with Crippen LogP contribution in [0, 0.1) is 7.14 Å². The average Bonchev–Trinajstić information content (AvgIpc) is 3.13. The van der Waals surface area contributed by atoms with Gasteiger partial charge in [-0.3, -0.25) is 4.79 Å². The highest BCUT2D eigenvalue weighted by atomic mass is 127. The maximum atomic E-state index is 12.2. The number of carbonyl (C=O) groups is 1. The second kappa shape index (κ2) is 8.35. The molecule has 0 aliphatic carbocycles. The standard InChI is InChI=1S/C18H17I2N3O2/c19-14-9-13(17(24)16(20)10-14)11-21-22-18(25)12-3-5-15(6-4-12)23-7-1-2-8-23/h3-6,9-11,24H,1-2,7-8H2,(H,22,25)/b21-11-. The molecule has 1 amide bonds. The molecule has 5 nitrogen and oxygen atoms in total. The number of carbonyl (C=O) groups excluding carboxylic acids is 1. The van der Waals surface area contributed by atoms with Crippen molar-refractivity contribution in [3.8, 4) is 5.75 Å². The number of benzene rings is 2. The van der Waals surface area contributed by atoms with E-state index in [-0.39, 0.29) is 11.7 Å². The Morgan fingerprint density at radius 2 is 1.84 bits per heavy atom. The van der Waals surface area contributed by atoms with Crippen LogP contribution in [0.4, 0.5) is 5.69 Å². The summed E-state index contributed by atoms with van der Waals surface area (Å²) in [7, 11) is 0. The summed E-state index contributed by atoms with van der Waals surface area (Å²) in [5, 5.41) is 14.0. The van der Waals surface area contributed by atoms with Crippen molar-refractivity contribution in [3.05, 3.63) is 54.7 Å². The summed E-state index contributed by atoms with van der Waals surface area (Å²) in [5.41, 5.74) is 4.78. The van der Waals surface area contributed by atoms with E-state index in [1.54, 1.807) is 6.07 Å². The quantitative estimate of drug-likeness (QED) is 0.338. The number of aromatic hydroxyl groups is 1. The van der Waals surface area contributed by atoms with Crippen molar-refractivity contribution in [3.63, 3.8) is 0 Å². The van der Waals surface area contributed by atoms with Crippen LogP contribution in [0.15, 0.2) is 41.5 Å². The summed E-state index contributed by atoms with van der Waals surface area (Å²) in [6.45, 7) is 2.15. The number of hydrogen-bond donors (Lipinski definition) is 2. The second-order valence-electron chi connectivity index (χ2n) is 5.77. The van der Waals surface area contributed by atoms with Gasteiger partial charge < -0.3 is 10.0 Å². The van der Waals surface area contributed by atoms with Gasteiger partial charge in [-0.1, -0.05) is 0 Å². The van der Waals surface area contributed by atoms with Gasteiger partial charge in [0.15, 0.2) is 0 Å². The van der Waals surface area contributed by atoms with Gasteiger partial charge in [0, 0.05) is 33.5 Å². The molecule has 0 atom stereocenters. The summed E-state index contributed by atoms with van der Waals surface area (Å²) >= 11 is 4.23. The molecular weight excluding hydrogens is 544 g/mol. The predicted molar refractivity (Wildman–Crippen MR) is 116 cm³/mol. The van der Waals surface area contributed by atoms with Crippen LogP contribution in [-0.2, 0) is 0 Å². The van der Waals surface area contributed by atoms with Gasteiger partial charge in [-0.25, -0.2) is 5.43 Å². The number of hydrazone groups is 1. The Kier molecular flexibility index (Phi) is 6.15. The summed E-state index contributed by atoms with van der Waals surface area (Å²) in [5.74, 6) is -0.113. The minimum Gasteiger partial charge on any atom is -0.506 e. The van der Waals surface area contributed by atoms with E-state index >= 15 is 0 Å². The maximum Gasteiger partial charge on any atom is 0.271 e. The van der Waals surface area contributed by atoms with Gasteiger partial charge in [-0.05, 0) is 94.4 Å². The molecule has 0 spiro atoms. The van der Waals surface area contributed by atoms with Crippen molar-refractivity contribution in [2.75, 3.05) is 18.0 Å².